The van der Waals surface area contributed by atoms with E-state index in [2.05, 4.69) is 0 Å². The summed E-state index contributed by atoms with van der Waals surface area (Å²) in [6.07, 6.45) is -0.268. The first-order chi connectivity index (χ1) is 5.68. The second kappa shape index (κ2) is 2.60. The van der Waals surface area contributed by atoms with Crippen molar-refractivity contribution in [1.29, 1.82) is 0 Å². The molecule has 0 aromatic carbocycles. The molecule has 0 aliphatic carbocycles. The number of hydrogen-bond acceptors (Lipinski definition) is 4. The average Bonchev–Trinajstić information content (AvgIpc) is 2.35. The SMILES string of the molecule is N[C@@H]1CN2C(=O)OC[C@@H]2C[C@H]1O. The second-order valence-electron chi connectivity index (χ2n) is 3.35. The van der Waals surface area contributed by atoms with Gasteiger partial charge in [-0.05, 0) is 6.42 Å². The quantitative estimate of drug-likeness (QED) is 0.486. The van der Waals surface area contributed by atoms with Crippen LogP contribution in [0.4, 0.5) is 4.79 Å². The molecule has 68 valence electrons. The molecule has 2 aliphatic heterocycles. The number of carbonyl (C=O) groups excluding carboxylic acids is 1. The van der Waals surface area contributed by atoms with Gasteiger partial charge in [-0.3, -0.25) is 0 Å². The summed E-state index contributed by atoms with van der Waals surface area (Å²) in [5.41, 5.74) is 5.60. The van der Waals surface area contributed by atoms with Crippen LogP contribution >= 0.6 is 0 Å². The molecule has 2 aliphatic rings. The van der Waals surface area contributed by atoms with Crippen molar-refractivity contribution in [2.75, 3.05) is 13.2 Å². The zero-order valence-electron chi connectivity index (χ0n) is 6.64. The molecule has 5 nitrogen and oxygen atoms in total. The summed E-state index contributed by atoms with van der Waals surface area (Å²) in [6, 6.07) is -0.292. The number of carbonyl (C=O) groups is 1. The van der Waals surface area contributed by atoms with Gasteiger partial charge < -0.3 is 20.5 Å². The van der Waals surface area contributed by atoms with E-state index in [0.29, 0.717) is 19.6 Å². The number of ether oxygens (including phenoxy) is 1. The van der Waals surface area contributed by atoms with Crippen LogP contribution < -0.4 is 5.73 Å². The van der Waals surface area contributed by atoms with E-state index in [-0.39, 0.29) is 18.2 Å². The van der Waals surface area contributed by atoms with Gasteiger partial charge in [-0.2, -0.15) is 0 Å². The number of nitrogens with two attached hydrogens (primary N) is 1. The van der Waals surface area contributed by atoms with Gasteiger partial charge in [-0.15, -0.1) is 0 Å². The molecule has 3 atom stereocenters. The summed E-state index contributed by atoms with van der Waals surface area (Å²) in [6.45, 7) is 0.799. The number of rotatable bonds is 0. The molecule has 3 N–H and O–H groups in total. The average molecular weight is 172 g/mol. The molecule has 0 aromatic heterocycles. The predicted octanol–water partition coefficient (Wildman–Crippen LogP) is -1.10. The van der Waals surface area contributed by atoms with Gasteiger partial charge in [0.2, 0.25) is 0 Å². The van der Waals surface area contributed by atoms with Gasteiger partial charge in [0.05, 0.1) is 12.1 Å². The molecule has 0 saturated carbocycles. The molecule has 12 heavy (non-hydrogen) atoms. The Balaban J connectivity index is 2.09. The van der Waals surface area contributed by atoms with Crippen LogP contribution in [0, 0.1) is 0 Å². The summed E-state index contributed by atoms with van der Waals surface area (Å²) in [5, 5.41) is 9.39. The Bertz CT molecular complexity index is 209. The van der Waals surface area contributed by atoms with Crippen molar-refractivity contribution < 1.29 is 14.6 Å². The number of aliphatic hydroxyl groups excluding tert-OH is 1. The highest BCUT2D eigenvalue weighted by Gasteiger charge is 2.40. The Labute approximate surface area is 70.1 Å². The van der Waals surface area contributed by atoms with Crippen LogP contribution in [-0.4, -0.2) is 47.4 Å². The molecule has 5 heteroatoms. The van der Waals surface area contributed by atoms with Crippen LogP contribution in [0.2, 0.25) is 0 Å². The molecule has 2 fully saturated rings. The third kappa shape index (κ3) is 1.05. The summed E-state index contributed by atoms with van der Waals surface area (Å²) >= 11 is 0. The monoisotopic (exact) mass is 172 g/mol. The zero-order chi connectivity index (χ0) is 8.72. The minimum atomic E-state index is -0.499. The topological polar surface area (TPSA) is 75.8 Å². The summed E-state index contributed by atoms with van der Waals surface area (Å²) in [4.78, 5) is 12.6. The Morgan fingerprint density at radius 2 is 2.42 bits per heavy atom. The first-order valence-corrected chi connectivity index (χ1v) is 4.05. The maximum Gasteiger partial charge on any atom is 0.410 e. The maximum absolute atomic E-state index is 11.0. The fourth-order valence-electron chi connectivity index (χ4n) is 1.71. The van der Waals surface area contributed by atoms with E-state index in [1.807, 2.05) is 0 Å². The van der Waals surface area contributed by atoms with Gasteiger partial charge in [0.15, 0.2) is 0 Å². The molecular weight excluding hydrogens is 160 g/mol. The molecule has 2 heterocycles. The number of piperidine rings is 1. The number of nitrogens with zero attached hydrogens (tertiary/aromatic N) is 1. The van der Waals surface area contributed by atoms with Crippen molar-refractivity contribution >= 4 is 6.09 Å². The van der Waals surface area contributed by atoms with Crippen molar-refractivity contribution in [2.45, 2.75) is 24.6 Å². The lowest BCUT2D eigenvalue weighted by Gasteiger charge is -2.34. The summed E-state index contributed by atoms with van der Waals surface area (Å²) in [7, 11) is 0. The molecule has 0 aromatic rings. The lowest BCUT2D eigenvalue weighted by Crippen LogP contribution is -2.54. The van der Waals surface area contributed by atoms with Crippen LogP contribution in [-0.2, 0) is 4.74 Å². The van der Waals surface area contributed by atoms with Crippen molar-refractivity contribution in [3.8, 4) is 0 Å². The third-order valence-electron chi connectivity index (χ3n) is 2.49. The van der Waals surface area contributed by atoms with E-state index >= 15 is 0 Å². The number of aliphatic hydroxyl groups is 1. The van der Waals surface area contributed by atoms with E-state index in [1.165, 1.54) is 0 Å². The van der Waals surface area contributed by atoms with Gasteiger partial charge in [0.25, 0.3) is 0 Å². The van der Waals surface area contributed by atoms with Crippen LogP contribution in [0.1, 0.15) is 6.42 Å². The molecule has 0 bridgehead atoms. The van der Waals surface area contributed by atoms with Gasteiger partial charge in [0.1, 0.15) is 6.61 Å². The molecule has 1 amide bonds. The third-order valence-corrected chi connectivity index (χ3v) is 2.49. The zero-order valence-corrected chi connectivity index (χ0v) is 6.64. The summed E-state index contributed by atoms with van der Waals surface area (Å²) < 4.78 is 4.82. The highest BCUT2D eigenvalue weighted by Crippen LogP contribution is 2.22. The standard InChI is InChI=1S/C7H12N2O3/c8-5-2-9-4(1-6(5)10)3-12-7(9)11/h4-6,10H,1-3,8H2/t4-,5+,6+/m0/s1. The predicted molar refractivity (Wildman–Crippen MR) is 40.4 cm³/mol. The molecule has 2 rings (SSSR count). The summed E-state index contributed by atoms with van der Waals surface area (Å²) in [5.74, 6) is 0. The van der Waals surface area contributed by atoms with Crippen molar-refractivity contribution in [1.82, 2.24) is 4.90 Å². The van der Waals surface area contributed by atoms with Gasteiger partial charge in [-0.25, -0.2) is 4.79 Å². The van der Waals surface area contributed by atoms with E-state index in [4.69, 9.17) is 10.5 Å². The van der Waals surface area contributed by atoms with E-state index < -0.39 is 6.10 Å². The van der Waals surface area contributed by atoms with Crippen LogP contribution in [0.5, 0.6) is 0 Å². The van der Waals surface area contributed by atoms with Gasteiger partial charge in [0, 0.05) is 12.6 Å². The highest BCUT2D eigenvalue weighted by molar-refractivity contribution is 5.70. The fraction of sp³-hybridized carbons (Fsp3) is 0.857. The largest absolute Gasteiger partial charge is 0.447 e. The minimum absolute atomic E-state index is 0.0345. The number of hydrogen-bond donors (Lipinski definition) is 2. The molecule has 0 spiro atoms. The first kappa shape index (κ1) is 7.82. The molecule has 0 radical (unpaired) electrons. The minimum Gasteiger partial charge on any atom is -0.447 e. The Hall–Kier alpha value is -0.810. The first-order valence-electron chi connectivity index (χ1n) is 4.05. The Morgan fingerprint density at radius 3 is 3.17 bits per heavy atom. The number of amides is 1. The lowest BCUT2D eigenvalue weighted by atomic mass is 9.97. The Kier molecular flexibility index (Phi) is 1.69. The fourth-order valence-corrected chi connectivity index (χ4v) is 1.71. The maximum atomic E-state index is 11.0. The van der Waals surface area contributed by atoms with Crippen molar-refractivity contribution in [2.24, 2.45) is 5.73 Å². The van der Waals surface area contributed by atoms with Crippen molar-refractivity contribution in [3.05, 3.63) is 0 Å². The van der Waals surface area contributed by atoms with E-state index in [1.54, 1.807) is 4.90 Å². The van der Waals surface area contributed by atoms with Crippen LogP contribution in [0.15, 0.2) is 0 Å². The Morgan fingerprint density at radius 1 is 1.67 bits per heavy atom. The molecular formula is C7H12N2O3. The van der Waals surface area contributed by atoms with Crippen LogP contribution in [0.3, 0.4) is 0 Å². The normalized spacial score (nSPS) is 41.0. The highest BCUT2D eigenvalue weighted by atomic mass is 16.6. The van der Waals surface area contributed by atoms with E-state index in [9.17, 15) is 9.90 Å². The second-order valence-corrected chi connectivity index (χ2v) is 3.35. The van der Waals surface area contributed by atoms with Gasteiger partial charge in [-0.1, -0.05) is 0 Å². The number of fused-ring (bicyclic) bond motifs is 1. The van der Waals surface area contributed by atoms with E-state index in [0.717, 1.165) is 0 Å². The lowest BCUT2D eigenvalue weighted by molar-refractivity contribution is 0.0578. The number of cyclic esters (lactones) is 1. The smallest absolute Gasteiger partial charge is 0.410 e. The van der Waals surface area contributed by atoms with Crippen molar-refractivity contribution in [3.63, 3.8) is 0 Å². The molecule has 0 unspecified atom stereocenters. The molecule has 2 saturated heterocycles. The van der Waals surface area contributed by atoms with Gasteiger partial charge >= 0.3 is 6.09 Å². The van der Waals surface area contributed by atoms with Crippen LogP contribution in [0.25, 0.3) is 0 Å².